The Hall–Kier alpha value is -1.69. The van der Waals surface area contributed by atoms with Crippen molar-refractivity contribution in [3.63, 3.8) is 0 Å². The van der Waals surface area contributed by atoms with Crippen LogP contribution in [0, 0.1) is 6.92 Å². The van der Waals surface area contributed by atoms with Gasteiger partial charge < -0.3 is 10.5 Å². The predicted molar refractivity (Wildman–Crippen MR) is 86.6 cm³/mol. The minimum Gasteiger partial charge on any atom is -0.399 e. The third kappa shape index (κ3) is 3.74. The molecule has 6 heteroatoms. The highest BCUT2D eigenvalue weighted by Crippen LogP contribution is 2.23. The van der Waals surface area contributed by atoms with Crippen LogP contribution in [0.5, 0.6) is 0 Å². The van der Waals surface area contributed by atoms with E-state index >= 15 is 0 Å². The molecular formula is C16H19ClN4O. The maximum atomic E-state index is 5.91. The minimum absolute atomic E-state index is 0.0525. The van der Waals surface area contributed by atoms with Crippen LogP contribution in [0.1, 0.15) is 23.2 Å². The van der Waals surface area contributed by atoms with E-state index in [9.17, 15) is 0 Å². The number of morpholine rings is 1. The van der Waals surface area contributed by atoms with Crippen LogP contribution >= 0.6 is 11.6 Å². The molecule has 3 heterocycles. The molecule has 2 aromatic rings. The van der Waals surface area contributed by atoms with Crippen molar-refractivity contribution in [2.45, 2.75) is 19.6 Å². The minimum atomic E-state index is -0.0525. The average molecular weight is 319 g/mol. The molecule has 0 saturated carbocycles. The van der Waals surface area contributed by atoms with Crippen LogP contribution in [0.15, 0.2) is 30.5 Å². The summed E-state index contributed by atoms with van der Waals surface area (Å²) in [6, 6.07) is 7.57. The first-order chi connectivity index (χ1) is 10.6. The molecule has 3 rings (SSSR count). The molecule has 2 N–H and O–H groups in total. The Bertz CT molecular complexity index is 627. The summed E-state index contributed by atoms with van der Waals surface area (Å²) in [5, 5.41) is 0.656. The number of anilines is 1. The lowest BCUT2D eigenvalue weighted by Crippen LogP contribution is -2.38. The van der Waals surface area contributed by atoms with Gasteiger partial charge in [-0.2, -0.15) is 0 Å². The fourth-order valence-corrected chi connectivity index (χ4v) is 2.75. The molecule has 0 aliphatic carbocycles. The van der Waals surface area contributed by atoms with Crippen LogP contribution in [-0.4, -0.2) is 34.6 Å². The second-order valence-corrected chi connectivity index (χ2v) is 5.97. The van der Waals surface area contributed by atoms with Crippen LogP contribution in [-0.2, 0) is 11.3 Å². The number of halogens is 1. The molecule has 1 saturated heterocycles. The first-order valence-electron chi connectivity index (χ1n) is 7.28. The first kappa shape index (κ1) is 15.2. The molecular weight excluding hydrogens is 300 g/mol. The Balaban J connectivity index is 1.69. The Kier molecular flexibility index (Phi) is 4.57. The molecule has 2 aromatic heterocycles. The van der Waals surface area contributed by atoms with Crippen LogP contribution in [0.2, 0.25) is 5.02 Å². The van der Waals surface area contributed by atoms with Gasteiger partial charge in [-0.3, -0.25) is 14.9 Å². The Morgan fingerprint density at radius 2 is 2.27 bits per heavy atom. The number of rotatable bonds is 3. The topological polar surface area (TPSA) is 64.3 Å². The zero-order valence-electron chi connectivity index (χ0n) is 12.5. The van der Waals surface area contributed by atoms with Gasteiger partial charge in [-0.1, -0.05) is 11.6 Å². The van der Waals surface area contributed by atoms with E-state index in [2.05, 4.69) is 14.9 Å². The molecule has 116 valence electrons. The standard InChI is InChI=1S/C16H19ClN4O/c1-11-6-13(18)7-15(20-11)16-10-21(4-5-22-16)9-14-3-2-12(17)8-19-14/h2-3,6-8,16H,4-5,9-10H2,1H3,(H2,18,20)/t16-/m0/s1. The number of hydrogen-bond acceptors (Lipinski definition) is 5. The van der Waals surface area contributed by atoms with Gasteiger partial charge in [0.1, 0.15) is 6.10 Å². The quantitative estimate of drug-likeness (QED) is 0.942. The second-order valence-electron chi connectivity index (χ2n) is 5.53. The van der Waals surface area contributed by atoms with E-state index in [1.54, 1.807) is 6.20 Å². The summed E-state index contributed by atoms with van der Waals surface area (Å²) >= 11 is 5.87. The number of nitrogen functional groups attached to an aromatic ring is 1. The lowest BCUT2D eigenvalue weighted by atomic mass is 10.1. The maximum absolute atomic E-state index is 5.91. The van der Waals surface area contributed by atoms with Crippen molar-refractivity contribution in [1.29, 1.82) is 0 Å². The Labute approximate surface area is 135 Å². The second kappa shape index (κ2) is 6.60. The molecule has 22 heavy (non-hydrogen) atoms. The van der Waals surface area contributed by atoms with Gasteiger partial charge in [0.15, 0.2) is 0 Å². The summed E-state index contributed by atoms with van der Waals surface area (Å²) in [6.07, 6.45) is 1.63. The smallest absolute Gasteiger partial charge is 0.112 e. The van der Waals surface area contributed by atoms with Crippen molar-refractivity contribution in [2.24, 2.45) is 0 Å². The monoisotopic (exact) mass is 318 g/mol. The molecule has 1 aliphatic heterocycles. The van der Waals surface area contributed by atoms with Gasteiger partial charge in [-0.05, 0) is 31.2 Å². The molecule has 5 nitrogen and oxygen atoms in total. The van der Waals surface area contributed by atoms with Gasteiger partial charge in [0, 0.05) is 37.2 Å². The highest BCUT2D eigenvalue weighted by molar-refractivity contribution is 6.30. The fraction of sp³-hybridized carbons (Fsp3) is 0.375. The van der Waals surface area contributed by atoms with Gasteiger partial charge >= 0.3 is 0 Å². The zero-order valence-corrected chi connectivity index (χ0v) is 13.3. The number of aryl methyl sites for hydroxylation is 1. The number of hydrogen-bond donors (Lipinski definition) is 1. The van der Waals surface area contributed by atoms with Crippen LogP contribution in [0.3, 0.4) is 0 Å². The molecule has 0 amide bonds. The molecule has 0 radical (unpaired) electrons. The predicted octanol–water partition coefficient (Wildman–Crippen LogP) is 2.59. The Morgan fingerprint density at radius 1 is 1.41 bits per heavy atom. The number of aromatic nitrogens is 2. The largest absolute Gasteiger partial charge is 0.399 e. The summed E-state index contributed by atoms with van der Waals surface area (Å²) in [6.45, 7) is 5.05. The highest BCUT2D eigenvalue weighted by atomic mass is 35.5. The van der Waals surface area contributed by atoms with Gasteiger partial charge in [0.05, 0.1) is 23.0 Å². The Morgan fingerprint density at radius 3 is 3.00 bits per heavy atom. The van der Waals surface area contributed by atoms with Gasteiger partial charge in [-0.25, -0.2) is 0 Å². The van der Waals surface area contributed by atoms with E-state index in [0.29, 0.717) is 11.6 Å². The maximum Gasteiger partial charge on any atom is 0.112 e. The number of pyridine rings is 2. The molecule has 0 bridgehead atoms. The van der Waals surface area contributed by atoms with Crippen LogP contribution in [0.4, 0.5) is 5.69 Å². The van der Waals surface area contributed by atoms with E-state index in [1.165, 1.54) is 0 Å². The van der Waals surface area contributed by atoms with E-state index in [-0.39, 0.29) is 6.10 Å². The van der Waals surface area contributed by atoms with Crippen molar-refractivity contribution < 1.29 is 4.74 Å². The third-order valence-electron chi connectivity index (χ3n) is 3.65. The van der Waals surface area contributed by atoms with Crippen molar-refractivity contribution >= 4 is 17.3 Å². The van der Waals surface area contributed by atoms with Crippen molar-refractivity contribution in [3.8, 4) is 0 Å². The van der Waals surface area contributed by atoms with E-state index in [1.807, 2.05) is 31.2 Å². The number of nitrogens with two attached hydrogens (primary N) is 1. The van der Waals surface area contributed by atoms with E-state index in [4.69, 9.17) is 22.1 Å². The summed E-state index contributed by atoms with van der Waals surface area (Å²) in [7, 11) is 0. The normalized spacial score (nSPS) is 19.3. The van der Waals surface area contributed by atoms with Crippen LogP contribution in [0.25, 0.3) is 0 Å². The third-order valence-corrected chi connectivity index (χ3v) is 3.87. The summed E-state index contributed by atoms with van der Waals surface area (Å²) in [5.74, 6) is 0. The van der Waals surface area contributed by atoms with Crippen molar-refractivity contribution in [2.75, 3.05) is 25.4 Å². The molecule has 1 fully saturated rings. The van der Waals surface area contributed by atoms with Crippen LogP contribution < -0.4 is 5.73 Å². The molecule has 1 atom stereocenters. The molecule has 0 unspecified atom stereocenters. The summed E-state index contributed by atoms with van der Waals surface area (Å²) in [5.41, 5.74) is 9.44. The van der Waals surface area contributed by atoms with E-state index < -0.39 is 0 Å². The van der Waals surface area contributed by atoms with Crippen molar-refractivity contribution in [3.05, 3.63) is 52.6 Å². The summed E-state index contributed by atoms with van der Waals surface area (Å²) in [4.78, 5) is 11.2. The lowest BCUT2D eigenvalue weighted by molar-refractivity contribution is -0.0353. The highest BCUT2D eigenvalue weighted by Gasteiger charge is 2.23. The van der Waals surface area contributed by atoms with Gasteiger partial charge in [0.2, 0.25) is 0 Å². The SMILES string of the molecule is Cc1cc(N)cc([C@@H]2CN(Cc3ccc(Cl)cn3)CCO2)n1. The lowest BCUT2D eigenvalue weighted by Gasteiger charge is -2.32. The zero-order chi connectivity index (χ0) is 15.5. The average Bonchev–Trinajstić information content (AvgIpc) is 2.49. The van der Waals surface area contributed by atoms with Gasteiger partial charge in [-0.15, -0.1) is 0 Å². The van der Waals surface area contributed by atoms with Gasteiger partial charge in [0.25, 0.3) is 0 Å². The number of nitrogens with zero attached hydrogens (tertiary/aromatic N) is 3. The molecule has 1 aliphatic rings. The number of ether oxygens (including phenoxy) is 1. The van der Waals surface area contributed by atoms with E-state index in [0.717, 1.165) is 42.4 Å². The summed E-state index contributed by atoms with van der Waals surface area (Å²) < 4.78 is 5.86. The molecule has 0 spiro atoms. The first-order valence-corrected chi connectivity index (χ1v) is 7.66. The fourth-order valence-electron chi connectivity index (χ4n) is 2.64. The molecule has 0 aromatic carbocycles. The van der Waals surface area contributed by atoms with Crippen molar-refractivity contribution in [1.82, 2.24) is 14.9 Å².